The number of likely N-dealkylation sites (tertiary alicyclic amines) is 1. The molecule has 36 heavy (non-hydrogen) atoms. The highest BCUT2D eigenvalue weighted by molar-refractivity contribution is 7.09. The van der Waals surface area contributed by atoms with Crippen LogP contribution in [0.3, 0.4) is 0 Å². The van der Waals surface area contributed by atoms with Gasteiger partial charge in [0.15, 0.2) is 0 Å². The van der Waals surface area contributed by atoms with Crippen LogP contribution in [0.5, 0.6) is 0 Å². The minimum atomic E-state index is -0.281. The number of anilines is 1. The third kappa shape index (κ3) is 5.40. The molecule has 2 aliphatic heterocycles. The topological polar surface area (TPSA) is 127 Å². The number of hydrogen-bond acceptors (Lipinski definition) is 9. The van der Waals surface area contributed by atoms with Gasteiger partial charge in [-0.15, -0.1) is 11.3 Å². The Kier molecular flexibility index (Phi) is 7.25. The molecule has 5 rings (SSSR count). The molecule has 2 N–H and O–H groups in total. The molecule has 1 aromatic carbocycles. The number of rotatable bonds is 6. The van der Waals surface area contributed by atoms with E-state index in [1.54, 1.807) is 17.0 Å². The van der Waals surface area contributed by atoms with Crippen molar-refractivity contribution < 1.29 is 14.0 Å². The lowest BCUT2D eigenvalue weighted by Gasteiger charge is -2.31. The summed E-state index contributed by atoms with van der Waals surface area (Å²) in [6, 6.07) is 9.83. The normalized spacial score (nSPS) is 18.0. The highest BCUT2D eigenvalue weighted by Crippen LogP contribution is 2.24. The molecular weight excluding hydrogens is 478 g/mol. The van der Waals surface area contributed by atoms with E-state index in [-0.39, 0.29) is 23.5 Å². The van der Waals surface area contributed by atoms with Crippen molar-refractivity contribution in [3.8, 4) is 17.3 Å². The maximum Gasteiger partial charge on any atom is 0.298 e. The van der Waals surface area contributed by atoms with E-state index in [1.807, 2.05) is 22.4 Å². The quantitative estimate of drug-likeness (QED) is 0.522. The summed E-state index contributed by atoms with van der Waals surface area (Å²) < 4.78 is 5.76. The van der Waals surface area contributed by atoms with Crippen LogP contribution in [-0.2, 0) is 11.3 Å². The predicted molar refractivity (Wildman–Crippen MR) is 134 cm³/mol. The fraction of sp³-hybridized carbons (Fsp3) is 0.400. The summed E-state index contributed by atoms with van der Waals surface area (Å²) in [5.41, 5.74) is 2.34. The number of piperazine rings is 1. The Morgan fingerprint density at radius 2 is 2.03 bits per heavy atom. The lowest BCUT2D eigenvalue weighted by atomic mass is 9.97. The van der Waals surface area contributed by atoms with Crippen LogP contribution >= 0.6 is 11.3 Å². The van der Waals surface area contributed by atoms with Crippen molar-refractivity contribution >= 4 is 29.2 Å². The van der Waals surface area contributed by atoms with Crippen molar-refractivity contribution in [1.29, 1.82) is 5.26 Å². The Balaban J connectivity index is 1.14. The first kappa shape index (κ1) is 24.0. The fourth-order valence-corrected chi connectivity index (χ4v) is 5.19. The minimum Gasteiger partial charge on any atom is -0.418 e. The first-order chi connectivity index (χ1) is 17.6. The average molecular weight is 506 g/mol. The number of aromatic nitrogens is 2. The van der Waals surface area contributed by atoms with Gasteiger partial charge in [-0.2, -0.15) is 5.26 Å². The van der Waals surface area contributed by atoms with Crippen molar-refractivity contribution in [2.24, 2.45) is 5.92 Å². The number of amides is 2. The van der Waals surface area contributed by atoms with E-state index in [4.69, 9.17) is 9.68 Å². The van der Waals surface area contributed by atoms with Crippen LogP contribution < -0.4 is 15.5 Å². The molecule has 4 heterocycles. The SMILES string of the molecule is N#Cc1ccc(-c2csc(CNC(=O)[C@H]3CCCN(C(=O)c4cnc(N5CCNCC5)o4)C3)n2)cc1. The molecule has 11 heteroatoms. The second-order valence-corrected chi connectivity index (χ2v) is 9.81. The lowest BCUT2D eigenvalue weighted by molar-refractivity contribution is -0.126. The molecule has 0 aliphatic carbocycles. The molecule has 2 saturated heterocycles. The number of carbonyl (C=O) groups is 2. The molecule has 3 aromatic rings. The van der Waals surface area contributed by atoms with Gasteiger partial charge in [0.1, 0.15) is 5.01 Å². The highest BCUT2D eigenvalue weighted by Gasteiger charge is 2.31. The second-order valence-electron chi connectivity index (χ2n) is 8.87. The van der Waals surface area contributed by atoms with Crippen LogP contribution in [0.2, 0.25) is 0 Å². The van der Waals surface area contributed by atoms with E-state index in [2.05, 4.69) is 26.7 Å². The van der Waals surface area contributed by atoms with E-state index in [0.717, 1.165) is 55.3 Å². The third-order valence-corrected chi connectivity index (χ3v) is 7.30. The van der Waals surface area contributed by atoms with Crippen molar-refractivity contribution in [1.82, 2.24) is 25.5 Å². The molecule has 0 unspecified atom stereocenters. The predicted octanol–water partition coefficient (Wildman–Crippen LogP) is 2.25. The van der Waals surface area contributed by atoms with Gasteiger partial charge in [-0.3, -0.25) is 9.59 Å². The van der Waals surface area contributed by atoms with Gasteiger partial charge >= 0.3 is 0 Å². The first-order valence-electron chi connectivity index (χ1n) is 12.0. The lowest BCUT2D eigenvalue weighted by Crippen LogP contribution is -2.45. The number of benzene rings is 1. The van der Waals surface area contributed by atoms with Crippen LogP contribution in [0.15, 0.2) is 40.3 Å². The summed E-state index contributed by atoms with van der Waals surface area (Å²) >= 11 is 1.48. The standard InChI is InChI=1S/C25H27N7O3S/c26-12-17-3-5-18(6-4-17)20-16-36-22(30-20)14-28-23(33)19-2-1-9-32(15-19)24(34)21-13-29-25(35-21)31-10-7-27-8-11-31/h3-6,13,16,19,27H,1-2,7-11,14-15H2,(H,28,33)/t19-/m0/s1. The molecule has 0 spiro atoms. The second kappa shape index (κ2) is 10.9. The van der Waals surface area contributed by atoms with E-state index >= 15 is 0 Å². The number of nitriles is 1. The number of nitrogens with one attached hydrogen (secondary N) is 2. The molecule has 2 aliphatic rings. The summed E-state index contributed by atoms with van der Waals surface area (Å²) in [7, 11) is 0. The zero-order chi connectivity index (χ0) is 24.9. The third-order valence-electron chi connectivity index (χ3n) is 6.45. The first-order valence-corrected chi connectivity index (χ1v) is 12.9. The van der Waals surface area contributed by atoms with Gasteiger partial charge in [-0.1, -0.05) is 12.1 Å². The average Bonchev–Trinajstić information content (AvgIpc) is 3.62. The Hall–Kier alpha value is -3.75. The Bertz CT molecular complexity index is 1260. The largest absolute Gasteiger partial charge is 0.418 e. The fourth-order valence-electron chi connectivity index (χ4n) is 4.44. The molecule has 2 fully saturated rings. The maximum absolute atomic E-state index is 13.0. The number of thiazole rings is 1. The Labute approximate surface area is 212 Å². The molecular formula is C25H27N7O3S. The van der Waals surface area contributed by atoms with Gasteiger partial charge in [0.25, 0.3) is 11.9 Å². The number of carbonyl (C=O) groups excluding carboxylic acids is 2. The Morgan fingerprint density at radius 3 is 2.81 bits per heavy atom. The summed E-state index contributed by atoms with van der Waals surface area (Å²) in [6.07, 6.45) is 2.96. The van der Waals surface area contributed by atoms with Crippen LogP contribution in [-0.4, -0.2) is 66.0 Å². The van der Waals surface area contributed by atoms with Gasteiger partial charge < -0.3 is 24.9 Å². The molecule has 10 nitrogen and oxygen atoms in total. The van der Waals surface area contributed by atoms with Gasteiger partial charge in [0.05, 0.1) is 36.0 Å². The van der Waals surface area contributed by atoms with Gasteiger partial charge in [-0.05, 0) is 25.0 Å². The molecule has 2 aromatic heterocycles. The van der Waals surface area contributed by atoms with Crippen molar-refractivity contribution in [3.63, 3.8) is 0 Å². The van der Waals surface area contributed by atoms with Crippen LogP contribution in [0.25, 0.3) is 11.3 Å². The summed E-state index contributed by atoms with van der Waals surface area (Å²) in [4.78, 5) is 38.5. The molecule has 0 saturated carbocycles. The van der Waals surface area contributed by atoms with Gasteiger partial charge in [0, 0.05) is 50.2 Å². The van der Waals surface area contributed by atoms with Crippen molar-refractivity contribution in [3.05, 3.63) is 52.2 Å². The van der Waals surface area contributed by atoms with E-state index in [1.165, 1.54) is 17.5 Å². The Morgan fingerprint density at radius 1 is 1.22 bits per heavy atom. The maximum atomic E-state index is 13.0. The summed E-state index contributed by atoms with van der Waals surface area (Å²) in [5.74, 6) is -0.381. The molecule has 2 amide bonds. The number of oxazole rings is 1. The number of piperidine rings is 1. The zero-order valence-electron chi connectivity index (χ0n) is 19.8. The minimum absolute atomic E-state index is 0.0818. The molecule has 1 atom stereocenters. The summed E-state index contributed by atoms with van der Waals surface area (Å²) in [6.45, 7) is 4.55. The number of hydrogen-bond donors (Lipinski definition) is 2. The zero-order valence-corrected chi connectivity index (χ0v) is 20.6. The van der Waals surface area contributed by atoms with E-state index in [0.29, 0.717) is 31.2 Å². The summed E-state index contributed by atoms with van der Waals surface area (Å²) in [5, 5.41) is 17.9. The molecule has 0 radical (unpaired) electrons. The number of nitrogens with zero attached hydrogens (tertiary/aromatic N) is 5. The van der Waals surface area contributed by atoms with Gasteiger partial charge in [0.2, 0.25) is 11.7 Å². The van der Waals surface area contributed by atoms with Crippen LogP contribution in [0, 0.1) is 17.2 Å². The monoisotopic (exact) mass is 505 g/mol. The van der Waals surface area contributed by atoms with E-state index < -0.39 is 0 Å². The van der Waals surface area contributed by atoms with Gasteiger partial charge in [-0.25, -0.2) is 9.97 Å². The van der Waals surface area contributed by atoms with E-state index in [9.17, 15) is 9.59 Å². The van der Waals surface area contributed by atoms with Crippen molar-refractivity contribution in [2.45, 2.75) is 19.4 Å². The highest BCUT2D eigenvalue weighted by atomic mass is 32.1. The molecule has 0 bridgehead atoms. The van der Waals surface area contributed by atoms with Crippen LogP contribution in [0.1, 0.15) is 34.0 Å². The van der Waals surface area contributed by atoms with Crippen LogP contribution in [0.4, 0.5) is 6.01 Å². The smallest absolute Gasteiger partial charge is 0.298 e. The van der Waals surface area contributed by atoms with Crippen molar-refractivity contribution in [2.75, 3.05) is 44.2 Å². The molecule has 186 valence electrons.